The molecule has 5 aromatic rings. The summed E-state index contributed by atoms with van der Waals surface area (Å²) in [5.41, 5.74) is 3.30. The summed E-state index contributed by atoms with van der Waals surface area (Å²) in [4.78, 5) is 31.4. The zero-order valence-electron chi connectivity index (χ0n) is 31.9. The second-order valence-electron chi connectivity index (χ2n) is 16.3. The molecule has 14 heteroatoms. The van der Waals surface area contributed by atoms with E-state index in [4.69, 9.17) is 19.3 Å². The van der Waals surface area contributed by atoms with Crippen molar-refractivity contribution >= 4 is 53.4 Å². The minimum absolute atomic E-state index is 0.136. The van der Waals surface area contributed by atoms with Gasteiger partial charge in [-0.1, -0.05) is 6.42 Å². The van der Waals surface area contributed by atoms with E-state index in [0.29, 0.717) is 42.5 Å². The Bertz CT molecular complexity index is 2210. The molecule has 1 aliphatic heterocycles. The van der Waals surface area contributed by atoms with Gasteiger partial charge in [-0.3, -0.25) is 0 Å². The van der Waals surface area contributed by atoms with Gasteiger partial charge < -0.3 is 14.4 Å². The van der Waals surface area contributed by atoms with Crippen molar-refractivity contribution in [1.82, 2.24) is 34.2 Å². The van der Waals surface area contributed by atoms with E-state index in [2.05, 4.69) is 15.3 Å². The number of amides is 1. The Kier molecular flexibility index (Phi) is 10.6. The van der Waals surface area contributed by atoms with Gasteiger partial charge in [-0.05, 0) is 60.3 Å². The van der Waals surface area contributed by atoms with Gasteiger partial charge in [0.15, 0.2) is 0 Å². The van der Waals surface area contributed by atoms with Crippen molar-refractivity contribution in [3.63, 3.8) is 0 Å². The molecule has 2 aromatic carbocycles. The number of nitrogens with zero attached hydrogens (tertiary/aromatic N) is 8. The molecule has 0 bridgehead atoms. The standard InChI is InChI=1S/C40H48N8O5Se/c1-39(2,3)52-37(49)45(21-26-10-9-11-26)23-29-17-28-14-13-27(16-34(28)47(29)38(50)53-40(4,5)6)22-46-24-33(43-44-46)31-18-30(54-25-41)19-35-32(31)20-42-48(35)36-12-7-8-15-51-36/h13-14,16-20,24,26,36H,7-12,15,21-23H2,1-6H3. The summed E-state index contributed by atoms with van der Waals surface area (Å²) in [6.07, 6.45) is 8.99. The Balaban J connectivity index is 1.20. The Labute approximate surface area is 321 Å². The Morgan fingerprint density at radius 2 is 1.80 bits per heavy atom. The molecule has 1 aliphatic carbocycles. The number of hydrogen-bond acceptors (Lipinski definition) is 9. The normalized spacial score (nSPS) is 16.6. The molecule has 1 atom stereocenters. The minimum atomic E-state index is -0.729. The molecule has 1 unspecified atom stereocenters. The maximum atomic E-state index is 13.9. The van der Waals surface area contributed by atoms with Crippen LogP contribution in [0.3, 0.4) is 0 Å². The third-order valence-corrected chi connectivity index (χ3v) is 10.9. The predicted molar refractivity (Wildman–Crippen MR) is 205 cm³/mol. The quantitative estimate of drug-likeness (QED) is 0.142. The van der Waals surface area contributed by atoms with E-state index in [0.717, 1.165) is 70.4 Å². The van der Waals surface area contributed by atoms with Gasteiger partial charge in [0.1, 0.15) is 11.2 Å². The smallest absolute Gasteiger partial charge is 0.443 e. The number of aromatic nitrogens is 6. The number of carbonyl (C=O) groups excluding carboxylic acids is 2. The van der Waals surface area contributed by atoms with E-state index in [1.807, 2.05) is 95.0 Å². The van der Waals surface area contributed by atoms with Crippen molar-refractivity contribution in [2.45, 2.75) is 111 Å². The average Bonchev–Trinajstić information content (AvgIpc) is 3.81. The Morgan fingerprint density at radius 1 is 1.00 bits per heavy atom. The summed E-state index contributed by atoms with van der Waals surface area (Å²) < 4.78 is 24.0. The summed E-state index contributed by atoms with van der Waals surface area (Å²) in [5, 5.41) is 25.1. The first kappa shape index (κ1) is 37.6. The molecule has 3 aromatic heterocycles. The van der Waals surface area contributed by atoms with E-state index in [1.54, 1.807) is 14.1 Å². The van der Waals surface area contributed by atoms with Crippen LogP contribution >= 0.6 is 0 Å². The monoisotopic (exact) mass is 800 g/mol. The number of nitriles is 1. The first-order valence-corrected chi connectivity index (χ1v) is 20.4. The first-order chi connectivity index (χ1) is 25.7. The zero-order valence-corrected chi connectivity index (χ0v) is 33.6. The Morgan fingerprint density at radius 3 is 2.48 bits per heavy atom. The summed E-state index contributed by atoms with van der Waals surface area (Å²) >= 11 is -0.375. The summed E-state index contributed by atoms with van der Waals surface area (Å²) in [6, 6.07) is 12.0. The van der Waals surface area contributed by atoms with Gasteiger partial charge >= 0.3 is 208 Å². The molecule has 0 spiro atoms. The van der Waals surface area contributed by atoms with Gasteiger partial charge in [-0.25, -0.2) is 9.59 Å². The number of hydrogen-bond donors (Lipinski definition) is 0. The van der Waals surface area contributed by atoms with Crippen LogP contribution in [-0.4, -0.2) is 85.7 Å². The van der Waals surface area contributed by atoms with Gasteiger partial charge in [-0.15, -0.1) is 0 Å². The van der Waals surface area contributed by atoms with Crippen LogP contribution < -0.4 is 4.46 Å². The summed E-state index contributed by atoms with van der Waals surface area (Å²) in [7, 11) is 0. The number of benzene rings is 2. The van der Waals surface area contributed by atoms with Crippen molar-refractivity contribution in [3.05, 3.63) is 60.0 Å². The van der Waals surface area contributed by atoms with Crippen molar-refractivity contribution in [2.75, 3.05) is 13.2 Å². The van der Waals surface area contributed by atoms with E-state index in [-0.39, 0.29) is 27.7 Å². The molecule has 1 amide bonds. The van der Waals surface area contributed by atoms with E-state index >= 15 is 0 Å². The fraction of sp³-hybridized carbons (Fsp3) is 0.500. The molecule has 0 N–H and O–H groups in total. The van der Waals surface area contributed by atoms with Crippen LogP contribution in [0.15, 0.2) is 48.8 Å². The van der Waals surface area contributed by atoms with Crippen LogP contribution in [0.2, 0.25) is 0 Å². The second kappa shape index (κ2) is 15.2. The molecule has 1 saturated carbocycles. The predicted octanol–water partition coefficient (Wildman–Crippen LogP) is 7.13. The van der Waals surface area contributed by atoms with Crippen molar-refractivity contribution in [2.24, 2.45) is 5.92 Å². The number of ether oxygens (including phenoxy) is 3. The van der Waals surface area contributed by atoms with Crippen LogP contribution in [0.25, 0.3) is 33.1 Å². The first-order valence-electron chi connectivity index (χ1n) is 18.7. The SMILES string of the molecule is CC(C)(C)OC(=O)N(Cc1cc2ccc(Cn3cc(-c4cc([Se]C#N)cc5c4cnn5C4CCCCO4)nn3)cc2n1C(=O)OC(C)(C)C)CC1CCC1. The molecule has 4 heterocycles. The summed E-state index contributed by atoms with van der Waals surface area (Å²) in [5.74, 6) is 0.406. The van der Waals surface area contributed by atoms with Gasteiger partial charge in [0.05, 0.1) is 6.54 Å². The molecular formula is C40H48N8O5Se. The molecule has 7 rings (SSSR count). The van der Waals surface area contributed by atoms with E-state index < -0.39 is 23.4 Å². The van der Waals surface area contributed by atoms with Crippen molar-refractivity contribution < 1.29 is 23.8 Å². The molecule has 0 radical (unpaired) electrons. The molecule has 284 valence electrons. The number of fused-ring (bicyclic) bond motifs is 2. The van der Waals surface area contributed by atoms with Crippen LogP contribution in [-0.2, 0) is 27.3 Å². The van der Waals surface area contributed by atoms with Gasteiger partial charge in [-0.2, -0.15) is 0 Å². The molecule has 2 fully saturated rings. The summed E-state index contributed by atoms with van der Waals surface area (Å²) in [6.45, 7) is 13.0. The van der Waals surface area contributed by atoms with Gasteiger partial charge in [0.25, 0.3) is 0 Å². The fourth-order valence-electron chi connectivity index (χ4n) is 7.03. The van der Waals surface area contributed by atoms with Crippen LogP contribution in [0.5, 0.6) is 0 Å². The van der Waals surface area contributed by atoms with Crippen LogP contribution in [0, 0.1) is 16.1 Å². The Hall–Kier alpha value is -4.70. The number of carbonyl (C=O) groups is 2. The van der Waals surface area contributed by atoms with Crippen molar-refractivity contribution in [1.29, 1.82) is 5.26 Å². The van der Waals surface area contributed by atoms with Crippen LogP contribution in [0.4, 0.5) is 9.59 Å². The van der Waals surface area contributed by atoms with Gasteiger partial charge in [0.2, 0.25) is 0 Å². The number of rotatable bonds is 9. The second-order valence-corrected chi connectivity index (χ2v) is 18.1. The topological polar surface area (TPSA) is 142 Å². The van der Waals surface area contributed by atoms with E-state index in [9.17, 15) is 14.9 Å². The molecule has 13 nitrogen and oxygen atoms in total. The molecule has 2 aliphatic rings. The third kappa shape index (κ3) is 8.49. The molecule has 54 heavy (non-hydrogen) atoms. The van der Waals surface area contributed by atoms with Crippen molar-refractivity contribution in [3.8, 4) is 16.2 Å². The molecular weight excluding hydrogens is 751 g/mol. The zero-order chi connectivity index (χ0) is 38.2. The maximum absolute atomic E-state index is 13.9. The van der Waals surface area contributed by atoms with E-state index in [1.165, 1.54) is 0 Å². The fourth-order valence-corrected chi connectivity index (χ4v) is 7.98. The van der Waals surface area contributed by atoms with Crippen LogP contribution in [0.1, 0.15) is 97.6 Å². The minimum Gasteiger partial charge on any atom is -0.443 e. The van der Waals surface area contributed by atoms with Gasteiger partial charge in [0, 0.05) is 6.54 Å². The third-order valence-electron chi connectivity index (χ3n) is 9.67. The average molecular weight is 800 g/mol. The molecule has 1 saturated heterocycles.